The monoisotopic (exact) mass is 245 g/mol. The summed E-state index contributed by atoms with van der Waals surface area (Å²) >= 11 is 0. The second-order valence-corrected chi connectivity index (χ2v) is 4.15. The molecule has 6 heteroatoms. The first-order valence-electron chi connectivity index (χ1n) is 5.72. The number of hydrogen-bond donors (Lipinski definition) is 1. The van der Waals surface area contributed by atoms with Crippen molar-refractivity contribution >= 4 is 5.91 Å². The lowest BCUT2D eigenvalue weighted by Crippen LogP contribution is -2.36. The summed E-state index contributed by atoms with van der Waals surface area (Å²) in [5.41, 5.74) is 1.11. The summed E-state index contributed by atoms with van der Waals surface area (Å²) in [7, 11) is 0. The molecule has 6 nitrogen and oxygen atoms in total. The van der Waals surface area contributed by atoms with Crippen molar-refractivity contribution in [2.75, 3.05) is 0 Å². The molecule has 0 aliphatic carbocycles. The van der Waals surface area contributed by atoms with Gasteiger partial charge >= 0.3 is 0 Å². The normalized spacial score (nSPS) is 12.1. The van der Waals surface area contributed by atoms with Crippen LogP contribution in [-0.2, 0) is 6.54 Å². The van der Waals surface area contributed by atoms with Crippen LogP contribution in [0.4, 0.5) is 0 Å². The van der Waals surface area contributed by atoms with Crippen molar-refractivity contribution in [1.29, 1.82) is 0 Å². The molecular formula is C12H15N5O. The number of aryl methyl sites for hydroxylation is 1. The molecule has 0 fully saturated rings. The Balaban J connectivity index is 1.92. The molecule has 1 atom stereocenters. The molecule has 0 saturated carbocycles. The number of carbonyl (C=O) groups excluding carboxylic acids is 1. The molecule has 2 heterocycles. The molecule has 0 radical (unpaired) electrons. The summed E-state index contributed by atoms with van der Waals surface area (Å²) in [4.78, 5) is 19.9. The molecule has 0 aliphatic rings. The molecule has 2 rings (SSSR count). The minimum absolute atomic E-state index is 0.0273. The van der Waals surface area contributed by atoms with Crippen LogP contribution in [0.3, 0.4) is 0 Å². The van der Waals surface area contributed by atoms with E-state index in [1.54, 1.807) is 17.1 Å². The highest BCUT2D eigenvalue weighted by atomic mass is 16.1. The summed E-state index contributed by atoms with van der Waals surface area (Å²) in [6.45, 7) is 4.37. The van der Waals surface area contributed by atoms with Crippen LogP contribution in [0.1, 0.15) is 23.1 Å². The van der Waals surface area contributed by atoms with E-state index in [0.717, 1.165) is 5.69 Å². The average molecular weight is 245 g/mol. The van der Waals surface area contributed by atoms with Crippen molar-refractivity contribution in [3.05, 3.63) is 42.2 Å². The predicted octanol–water partition coefficient (Wildman–Crippen LogP) is 0.800. The first kappa shape index (κ1) is 12.2. The number of nitrogens with one attached hydrogen (secondary N) is 1. The fraction of sp³-hybridized carbons (Fsp3) is 0.333. The molecule has 0 bridgehead atoms. The number of nitrogens with zero attached hydrogens (tertiary/aromatic N) is 4. The average Bonchev–Trinajstić information content (AvgIpc) is 2.82. The Bertz CT molecular complexity index is 506. The van der Waals surface area contributed by atoms with Crippen LogP contribution in [0.15, 0.2) is 30.9 Å². The lowest BCUT2D eigenvalue weighted by Gasteiger charge is -2.13. The first-order valence-corrected chi connectivity index (χ1v) is 5.72. The third-order valence-electron chi connectivity index (χ3n) is 2.41. The Morgan fingerprint density at radius 3 is 2.89 bits per heavy atom. The van der Waals surface area contributed by atoms with Crippen LogP contribution in [0, 0.1) is 6.92 Å². The highest BCUT2D eigenvalue weighted by Gasteiger charge is 2.11. The van der Waals surface area contributed by atoms with E-state index in [2.05, 4.69) is 20.4 Å². The molecule has 2 aromatic heterocycles. The van der Waals surface area contributed by atoms with Crippen molar-refractivity contribution in [3.63, 3.8) is 0 Å². The number of amides is 1. The van der Waals surface area contributed by atoms with Crippen molar-refractivity contribution in [2.45, 2.75) is 26.4 Å². The van der Waals surface area contributed by atoms with E-state index >= 15 is 0 Å². The van der Waals surface area contributed by atoms with Gasteiger partial charge in [-0.15, -0.1) is 0 Å². The molecule has 1 unspecified atom stereocenters. The van der Waals surface area contributed by atoms with E-state index in [9.17, 15) is 4.79 Å². The molecular weight excluding hydrogens is 230 g/mol. The van der Waals surface area contributed by atoms with Crippen molar-refractivity contribution < 1.29 is 4.79 Å². The number of rotatable bonds is 4. The van der Waals surface area contributed by atoms with Gasteiger partial charge in [0.1, 0.15) is 5.69 Å². The second kappa shape index (κ2) is 5.39. The van der Waals surface area contributed by atoms with Crippen LogP contribution < -0.4 is 5.32 Å². The maximum absolute atomic E-state index is 11.9. The Hall–Kier alpha value is -2.24. The van der Waals surface area contributed by atoms with Crippen LogP contribution in [0.5, 0.6) is 0 Å². The second-order valence-electron chi connectivity index (χ2n) is 4.15. The van der Waals surface area contributed by atoms with Gasteiger partial charge in [-0.3, -0.25) is 14.5 Å². The molecule has 0 spiro atoms. The lowest BCUT2D eigenvalue weighted by molar-refractivity contribution is 0.0930. The number of carbonyl (C=O) groups is 1. The van der Waals surface area contributed by atoms with Gasteiger partial charge in [-0.2, -0.15) is 5.10 Å². The Labute approximate surface area is 105 Å². The third kappa shape index (κ3) is 3.13. The van der Waals surface area contributed by atoms with Crippen molar-refractivity contribution in [2.24, 2.45) is 0 Å². The zero-order chi connectivity index (χ0) is 13.0. The van der Waals surface area contributed by atoms with Gasteiger partial charge in [-0.05, 0) is 19.9 Å². The van der Waals surface area contributed by atoms with E-state index in [4.69, 9.17) is 0 Å². The smallest absolute Gasteiger partial charge is 0.271 e. The largest absolute Gasteiger partial charge is 0.346 e. The van der Waals surface area contributed by atoms with E-state index in [-0.39, 0.29) is 11.9 Å². The quantitative estimate of drug-likeness (QED) is 0.864. The van der Waals surface area contributed by atoms with E-state index < -0.39 is 0 Å². The van der Waals surface area contributed by atoms with Crippen LogP contribution >= 0.6 is 0 Å². The van der Waals surface area contributed by atoms with Crippen molar-refractivity contribution in [3.8, 4) is 0 Å². The first-order chi connectivity index (χ1) is 8.65. The maximum atomic E-state index is 11.9. The summed E-state index contributed by atoms with van der Waals surface area (Å²) in [6, 6.07) is 1.82. The van der Waals surface area contributed by atoms with Gasteiger partial charge in [0, 0.05) is 24.6 Å². The standard InChI is InChI=1S/C12H15N5O/c1-9-6-14-11(7-13-9)12(18)16-10(2)8-17-5-3-4-15-17/h3-7,10H,8H2,1-2H3,(H,16,18). The minimum Gasteiger partial charge on any atom is -0.346 e. The van der Waals surface area contributed by atoms with Crippen LogP contribution in [-0.4, -0.2) is 31.7 Å². The van der Waals surface area contributed by atoms with Gasteiger partial charge in [-0.1, -0.05) is 0 Å². The summed E-state index contributed by atoms with van der Waals surface area (Å²) in [5, 5.41) is 6.94. The number of hydrogen-bond acceptors (Lipinski definition) is 4. The van der Waals surface area contributed by atoms with Crippen LogP contribution in [0.2, 0.25) is 0 Å². The molecule has 1 amide bonds. The Kier molecular flexibility index (Phi) is 3.66. The molecule has 0 aromatic carbocycles. The highest BCUT2D eigenvalue weighted by molar-refractivity contribution is 5.92. The molecule has 0 saturated heterocycles. The summed E-state index contributed by atoms with van der Waals surface area (Å²) in [6.07, 6.45) is 6.62. The lowest BCUT2D eigenvalue weighted by atomic mass is 10.3. The SMILES string of the molecule is Cc1cnc(C(=O)NC(C)Cn2cccn2)cn1. The minimum atomic E-state index is -0.220. The predicted molar refractivity (Wildman–Crippen MR) is 65.9 cm³/mol. The fourth-order valence-electron chi connectivity index (χ4n) is 1.54. The van der Waals surface area contributed by atoms with Gasteiger partial charge in [0.05, 0.1) is 18.4 Å². The van der Waals surface area contributed by atoms with Gasteiger partial charge in [-0.25, -0.2) is 4.98 Å². The molecule has 18 heavy (non-hydrogen) atoms. The maximum Gasteiger partial charge on any atom is 0.271 e. The zero-order valence-electron chi connectivity index (χ0n) is 10.4. The van der Waals surface area contributed by atoms with Gasteiger partial charge in [0.25, 0.3) is 5.91 Å². The Morgan fingerprint density at radius 2 is 2.28 bits per heavy atom. The summed E-state index contributed by atoms with van der Waals surface area (Å²) < 4.78 is 1.77. The third-order valence-corrected chi connectivity index (χ3v) is 2.41. The summed E-state index contributed by atoms with van der Waals surface area (Å²) in [5.74, 6) is -0.220. The molecule has 94 valence electrons. The topological polar surface area (TPSA) is 72.7 Å². The molecule has 2 aromatic rings. The van der Waals surface area contributed by atoms with Crippen LogP contribution in [0.25, 0.3) is 0 Å². The number of aromatic nitrogens is 4. The zero-order valence-corrected chi connectivity index (χ0v) is 10.4. The highest BCUT2D eigenvalue weighted by Crippen LogP contribution is 1.96. The Morgan fingerprint density at radius 1 is 1.44 bits per heavy atom. The van der Waals surface area contributed by atoms with E-state index in [1.807, 2.05) is 26.1 Å². The van der Waals surface area contributed by atoms with Gasteiger partial charge in [0.2, 0.25) is 0 Å². The van der Waals surface area contributed by atoms with E-state index in [0.29, 0.717) is 12.2 Å². The van der Waals surface area contributed by atoms with Gasteiger partial charge < -0.3 is 5.32 Å². The molecule has 1 N–H and O–H groups in total. The van der Waals surface area contributed by atoms with E-state index in [1.165, 1.54) is 6.20 Å². The fourth-order valence-corrected chi connectivity index (χ4v) is 1.54. The van der Waals surface area contributed by atoms with Gasteiger partial charge in [0.15, 0.2) is 0 Å². The molecule has 0 aliphatic heterocycles. The van der Waals surface area contributed by atoms with Crippen molar-refractivity contribution in [1.82, 2.24) is 25.1 Å².